The van der Waals surface area contributed by atoms with Crippen molar-refractivity contribution >= 4 is 16.3 Å². The van der Waals surface area contributed by atoms with E-state index < -0.39 is 78.5 Å². The maximum atomic E-state index is 13.1. The zero-order valence-electron chi connectivity index (χ0n) is 37.6. The van der Waals surface area contributed by atoms with Crippen LogP contribution in [-0.2, 0) is 28.9 Å². The molecular formula is C46H89NO12S. The highest BCUT2D eigenvalue weighted by Crippen LogP contribution is 2.26. The first kappa shape index (κ1) is 56.8. The van der Waals surface area contributed by atoms with Crippen molar-refractivity contribution in [3.8, 4) is 0 Å². The normalized spacial score (nSPS) is 21.4. The van der Waals surface area contributed by atoms with Crippen LogP contribution in [-0.4, -0.2) is 107 Å². The van der Waals surface area contributed by atoms with Crippen LogP contribution in [0.1, 0.15) is 213 Å². The van der Waals surface area contributed by atoms with E-state index in [0.717, 1.165) is 57.8 Å². The first-order valence-electron chi connectivity index (χ1n) is 24.2. The second kappa shape index (κ2) is 37.2. The number of carbonyl (C=O) groups is 1. The van der Waals surface area contributed by atoms with Gasteiger partial charge in [-0.1, -0.05) is 187 Å². The molecule has 14 heteroatoms. The summed E-state index contributed by atoms with van der Waals surface area (Å²) in [6, 6.07) is -1.03. The van der Waals surface area contributed by atoms with Gasteiger partial charge in [0.25, 0.3) is 0 Å². The quantitative estimate of drug-likeness (QED) is 0.0175. The largest absolute Gasteiger partial charge is 0.397 e. The van der Waals surface area contributed by atoms with Crippen LogP contribution in [0.4, 0.5) is 0 Å². The average Bonchev–Trinajstić information content (AvgIpc) is 3.22. The van der Waals surface area contributed by atoms with Crippen LogP contribution in [0.3, 0.4) is 0 Å². The lowest BCUT2D eigenvalue weighted by Crippen LogP contribution is -2.61. The lowest BCUT2D eigenvalue weighted by Gasteiger charge is -2.41. The van der Waals surface area contributed by atoms with Crippen LogP contribution < -0.4 is 5.32 Å². The molecule has 0 aliphatic carbocycles. The molecular weight excluding hydrogens is 791 g/mol. The Hall–Kier alpha value is -1.20. The van der Waals surface area contributed by atoms with E-state index in [9.17, 15) is 43.3 Å². The highest BCUT2D eigenvalue weighted by Gasteiger charge is 2.48. The Morgan fingerprint density at radius 1 is 0.650 bits per heavy atom. The summed E-state index contributed by atoms with van der Waals surface area (Å²) in [7, 11) is -5.11. The molecule has 0 aromatic carbocycles. The third-order valence-corrected chi connectivity index (χ3v) is 12.1. The second-order valence-electron chi connectivity index (χ2n) is 17.2. The number of allylic oxidation sites excluding steroid dienone is 2. The lowest BCUT2D eigenvalue weighted by atomic mass is 9.99. The molecule has 0 saturated carbocycles. The fourth-order valence-corrected chi connectivity index (χ4v) is 8.32. The van der Waals surface area contributed by atoms with E-state index in [1.807, 2.05) is 0 Å². The minimum atomic E-state index is -5.11. The van der Waals surface area contributed by atoms with Crippen LogP contribution >= 0.6 is 0 Å². The van der Waals surface area contributed by atoms with Crippen LogP contribution in [0.5, 0.6) is 0 Å². The molecule has 1 fully saturated rings. The maximum absolute atomic E-state index is 13.1. The summed E-state index contributed by atoms with van der Waals surface area (Å²) in [6.07, 6.45) is 28.4. The highest BCUT2D eigenvalue weighted by atomic mass is 32.3. The molecule has 0 radical (unpaired) electrons. The number of aliphatic hydroxyl groups is 5. The van der Waals surface area contributed by atoms with Gasteiger partial charge in [-0.3, -0.25) is 9.35 Å². The number of rotatable bonds is 41. The third-order valence-electron chi connectivity index (χ3n) is 11.7. The Bertz CT molecular complexity index is 1140. The average molecular weight is 880 g/mol. The van der Waals surface area contributed by atoms with Gasteiger partial charge in [0.1, 0.15) is 30.5 Å². The number of aliphatic hydroxyl groups excluding tert-OH is 5. The Morgan fingerprint density at radius 2 is 1.07 bits per heavy atom. The molecule has 356 valence electrons. The number of unbranched alkanes of at least 4 members (excludes halogenated alkanes) is 26. The minimum absolute atomic E-state index is 0.255. The molecule has 8 unspecified atom stereocenters. The van der Waals surface area contributed by atoms with Crippen molar-refractivity contribution in [2.75, 3.05) is 13.2 Å². The van der Waals surface area contributed by atoms with E-state index in [1.165, 1.54) is 116 Å². The molecule has 8 atom stereocenters. The van der Waals surface area contributed by atoms with Gasteiger partial charge in [0.2, 0.25) is 5.91 Å². The topological polar surface area (TPSA) is 212 Å². The molecule has 60 heavy (non-hydrogen) atoms. The molecule has 1 aliphatic heterocycles. The molecule has 0 spiro atoms. The van der Waals surface area contributed by atoms with Crippen molar-refractivity contribution in [3.05, 3.63) is 12.2 Å². The van der Waals surface area contributed by atoms with Crippen molar-refractivity contribution in [1.29, 1.82) is 0 Å². The predicted molar refractivity (Wildman–Crippen MR) is 238 cm³/mol. The number of amides is 1. The van der Waals surface area contributed by atoms with Crippen LogP contribution in [0, 0.1) is 0 Å². The first-order valence-corrected chi connectivity index (χ1v) is 25.5. The summed E-state index contributed by atoms with van der Waals surface area (Å²) in [4.78, 5) is 13.1. The molecule has 0 aromatic heterocycles. The van der Waals surface area contributed by atoms with Crippen molar-refractivity contribution < 1.29 is 57.0 Å². The maximum Gasteiger partial charge on any atom is 0.397 e. The van der Waals surface area contributed by atoms with Gasteiger partial charge in [0.05, 0.1) is 25.4 Å². The molecule has 1 heterocycles. The molecule has 7 N–H and O–H groups in total. The summed E-state index contributed by atoms with van der Waals surface area (Å²) >= 11 is 0. The molecule has 1 amide bonds. The standard InChI is InChI=1S/C46H89NO12S/c1-3-5-7-9-11-13-15-16-17-18-19-20-21-22-23-24-25-27-29-31-33-35-40(50)45(53)47-38(39(49)34-32-30-28-26-14-12-10-8-6-4-2)37-57-46-43(52)44(59-60(54,55)56)42(51)41(36-48)58-46/h21-22,38-44,46,48-52H,3-20,23-37H2,1-2H3,(H,47,53)(H,54,55,56)/b22-21-. The van der Waals surface area contributed by atoms with Crippen LogP contribution in [0.2, 0.25) is 0 Å². The lowest BCUT2D eigenvalue weighted by molar-refractivity contribution is -0.298. The van der Waals surface area contributed by atoms with Gasteiger partial charge in [-0.15, -0.1) is 0 Å². The summed E-state index contributed by atoms with van der Waals surface area (Å²) in [6.45, 7) is 3.26. The van der Waals surface area contributed by atoms with Crippen LogP contribution in [0.15, 0.2) is 12.2 Å². The van der Waals surface area contributed by atoms with Gasteiger partial charge in [0, 0.05) is 0 Å². The van der Waals surface area contributed by atoms with Crippen molar-refractivity contribution in [3.63, 3.8) is 0 Å². The van der Waals surface area contributed by atoms with E-state index >= 15 is 0 Å². The number of nitrogens with one attached hydrogen (secondary N) is 1. The second-order valence-corrected chi connectivity index (χ2v) is 18.2. The van der Waals surface area contributed by atoms with E-state index in [2.05, 4.69) is 35.5 Å². The molecule has 1 saturated heterocycles. The van der Waals surface area contributed by atoms with Gasteiger partial charge in [-0.2, -0.15) is 8.42 Å². The van der Waals surface area contributed by atoms with E-state index in [0.29, 0.717) is 19.3 Å². The SMILES string of the molecule is CCCCCCCCCCCCC/C=C\CCCCCCCCC(O)C(=O)NC(COC1OC(CO)C(O)C(OS(=O)(=O)O)C1O)C(O)CCCCCCCCCCCC. The van der Waals surface area contributed by atoms with E-state index in [4.69, 9.17) is 9.47 Å². The van der Waals surface area contributed by atoms with Crippen molar-refractivity contribution in [2.45, 2.75) is 262 Å². The number of carbonyl (C=O) groups excluding carboxylic acids is 1. The van der Waals surface area contributed by atoms with Gasteiger partial charge in [0.15, 0.2) is 6.29 Å². The molecule has 1 aliphatic rings. The Balaban J connectivity index is 2.45. The molecule has 1 rings (SSSR count). The Labute approximate surface area is 364 Å². The molecule has 13 nitrogen and oxygen atoms in total. The zero-order valence-corrected chi connectivity index (χ0v) is 38.5. The van der Waals surface area contributed by atoms with Crippen LogP contribution in [0.25, 0.3) is 0 Å². The highest BCUT2D eigenvalue weighted by molar-refractivity contribution is 7.80. The number of ether oxygens (including phenoxy) is 2. The minimum Gasteiger partial charge on any atom is -0.394 e. The molecule has 0 bridgehead atoms. The predicted octanol–water partition coefficient (Wildman–Crippen LogP) is 8.53. The van der Waals surface area contributed by atoms with Gasteiger partial charge in [-0.25, -0.2) is 4.18 Å². The smallest absolute Gasteiger partial charge is 0.394 e. The molecule has 0 aromatic rings. The summed E-state index contributed by atoms with van der Waals surface area (Å²) in [5.41, 5.74) is 0. The van der Waals surface area contributed by atoms with Crippen molar-refractivity contribution in [1.82, 2.24) is 5.32 Å². The van der Waals surface area contributed by atoms with Gasteiger partial charge < -0.3 is 40.3 Å². The number of hydrogen-bond acceptors (Lipinski definition) is 11. The van der Waals surface area contributed by atoms with Gasteiger partial charge in [-0.05, 0) is 38.5 Å². The fraction of sp³-hybridized carbons (Fsp3) is 0.935. The third kappa shape index (κ3) is 29.2. The van der Waals surface area contributed by atoms with E-state index in [-0.39, 0.29) is 6.42 Å². The Kier molecular flexibility index (Phi) is 35.2. The first-order chi connectivity index (χ1) is 28.9. The van der Waals surface area contributed by atoms with E-state index in [1.54, 1.807) is 0 Å². The zero-order chi connectivity index (χ0) is 44.3. The van der Waals surface area contributed by atoms with Crippen molar-refractivity contribution in [2.24, 2.45) is 0 Å². The monoisotopic (exact) mass is 880 g/mol. The number of hydrogen-bond donors (Lipinski definition) is 7. The summed E-state index contributed by atoms with van der Waals surface area (Å²) in [5, 5.41) is 55.3. The summed E-state index contributed by atoms with van der Waals surface area (Å²) in [5.74, 6) is -0.674. The van der Waals surface area contributed by atoms with Gasteiger partial charge >= 0.3 is 10.4 Å². The fourth-order valence-electron chi connectivity index (χ4n) is 7.81. The summed E-state index contributed by atoms with van der Waals surface area (Å²) < 4.78 is 47.5. The Morgan fingerprint density at radius 3 is 1.50 bits per heavy atom.